The van der Waals surface area contributed by atoms with Gasteiger partial charge in [-0.1, -0.05) is 43.3 Å². The normalized spacial score (nSPS) is 21.0. The number of hydrogen-bond donors (Lipinski definition) is 0. The Bertz CT molecular complexity index is 689. The fraction of sp³-hybridized carbons (Fsp3) is 0.500. The second kappa shape index (κ2) is 7.38. The maximum atomic E-state index is 12.4. The zero-order chi connectivity index (χ0) is 17.1. The topological polar surface area (TPSA) is 59.2 Å². The predicted molar refractivity (Wildman–Crippen MR) is 94.7 cm³/mol. The number of nitrogens with zero attached hydrogens (tertiary/aromatic N) is 3. The summed E-state index contributed by atoms with van der Waals surface area (Å²) < 4.78 is 5.66. The van der Waals surface area contributed by atoms with Crippen molar-refractivity contribution in [1.82, 2.24) is 15.1 Å². The van der Waals surface area contributed by atoms with E-state index >= 15 is 0 Å². The summed E-state index contributed by atoms with van der Waals surface area (Å²) in [5.74, 6) is 2.12. The van der Waals surface area contributed by atoms with Crippen LogP contribution in [0.15, 0.2) is 33.9 Å². The zero-order valence-electron chi connectivity index (χ0n) is 14.4. The van der Waals surface area contributed by atoms with Gasteiger partial charge < -0.3 is 9.32 Å². The maximum absolute atomic E-state index is 12.4. The highest BCUT2D eigenvalue weighted by molar-refractivity contribution is 7.99. The van der Waals surface area contributed by atoms with Crippen molar-refractivity contribution in [3.8, 4) is 11.5 Å². The van der Waals surface area contributed by atoms with E-state index in [1.165, 1.54) is 23.7 Å². The number of amides is 1. The highest BCUT2D eigenvalue weighted by Gasteiger charge is 2.25. The Labute approximate surface area is 146 Å². The number of aryl methyl sites for hydroxylation is 1. The average Bonchev–Trinajstić information content (AvgIpc) is 3.01. The number of carbonyl (C=O) groups is 1. The van der Waals surface area contributed by atoms with Gasteiger partial charge in [-0.2, -0.15) is 0 Å². The fourth-order valence-corrected chi connectivity index (χ4v) is 3.83. The van der Waals surface area contributed by atoms with Gasteiger partial charge in [0.2, 0.25) is 11.8 Å². The summed E-state index contributed by atoms with van der Waals surface area (Å²) in [6.07, 6.45) is 1.19. The minimum atomic E-state index is 0.147. The number of rotatable bonds is 4. The van der Waals surface area contributed by atoms with E-state index in [4.69, 9.17) is 4.42 Å². The molecule has 1 amide bonds. The van der Waals surface area contributed by atoms with Crippen LogP contribution in [0.4, 0.5) is 0 Å². The number of likely N-dealkylation sites (tertiary alicyclic amines) is 1. The van der Waals surface area contributed by atoms with Crippen LogP contribution in [0, 0.1) is 18.8 Å². The Balaban J connectivity index is 1.57. The molecule has 0 aliphatic carbocycles. The van der Waals surface area contributed by atoms with Gasteiger partial charge in [0.15, 0.2) is 0 Å². The van der Waals surface area contributed by atoms with Crippen LogP contribution in [0.3, 0.4) is 0 Å². The fourth-order valence-electron chi connectivity index (χ4n) is 3.16. The van der Waals surface area contributed by atoms with Crippen molar-refractivity contribution in [2.75, 3.05) is 18.8 Å². The molecule has 0 saturated carbocycles. The van der Waals surface area contributed by atoms with Gasteiger partial charge in [-0.3, -0.25) is 4.79 Å². The molecule has 0 bridgehead atoms. The first-order valence-electron chi connectivity index (χ1n) is 8.32. The lowest BCUT2D eigenvalue weighted by Crippen LogP contribution is -2.43. The molecular weight excluding hydrogens is 322 g/mol. The van der Waals surface area contributed by atoms with E-state index in [-0.39, 0.29) is 5.91 Å². The average molecular weight is 345 g/mol. The number of thioether (sulfide) groups is 1. The van der Waals surface area contributed by atoms with Crippen molar-refractivity contribution in [2.24, 2.45) is 11.8 Å². The van der Waals surface area contributed by atoms with Crippen LogP contribution in [0.5, 0.6) is 0 Å². The van der Waals surface area contributed by atoms with E-state index in [0.717, 1.165) is 18.7 Å². The number of benzene rings is 1. The van der Waals surface area contributed by atoms with Gasteiger partial charge in [-0.25, -0.2) is 0 Å². The molecule has 6 heteroatoms. The van der Waals surface area contributed by atoms with Crippen LogP contribution in [-0.2, 0) is 4.79 Å². The third-order valence-electron chi connectivity index (χ3n) is 4.25. The van der Waals surface area contributed by atoms with Gasteiger partial charge in [0.1, 0.15) is 0 Å². The van der Waals surface area contributed by atoms with Crippen molar-refractivity contribution in [1.29, 1.82) is 0 Å². The van der Waals surface area contributed by atoms with Crippen LogP contribution in [-0.4, -0.2) is 39.8 Å². The van der Waals surface area contributed by atoms with Crippen LogP contribution in [0.2, 0.25) is 0 Å². The molecule has 0 spiro atoms. The van der Waals surface area contributed by atoms with Gasteiger partial charge in [0.25, 0.3) is 5.22 Å². The van der Waals surface area contributed by atoms with Crippen molar-refractivity contribution < 1.29 is 9.21 Å². The minimum Gasteiger partial charge on any atom is -0.411 e. The lowest BCUT2D eigenvalue weighted by Gasteiger charge is -2.34. The number of aromatic nitrogens is 2. The van der Waals surface area contributed by atoms with E-state index in [1.54, 1.807) is 0 Å². The summed E-state index contributed by atoms with van der Waals surface area (Å²) in [7, 11) is 0. The first-order valence-corrected chi connectivity index (χ1v) is 9.31. The van der Waals surface area contributed by atoms with Crippen molar-refractivity contribution in [3.05, 3.63) is 29.8 Å². The lowest BCUT2D eigenvalue weighted by molar-refractivity contribution is -0.130. The summed E-state index contributed by atoms with van der Waals surface area (Å²) in [6, 6.07) is 7.93. The summed E-state index contributed by atoms with van der Waals surface area (Å²) >= 11 is 1.31. The Kier molecular flexibility index (Phi) is 5.23. The monoisotopic (exact) mass is 345 g/mol. The Morgan fingerprint density at radius 3 is 2.54 bits per heavy atom. The van der Waals surface area contributed by atoms with Crippen LogP contribution in [0.25, 0.3) is 11.5 Å². The molecule has 5 nitrogen and oxygen atoms in total. The summed E-state index contributed by atoms with van der Waals surface area (Å²) in [5, 5.41) is 8.55. The predicted octanol–water partition coefficient (Wildman–Crippen LogP) is 3.64. The molecule has 0 N–H and O–H groups in total. The van der Waals surface area contributed by atoms with Gasteiger partial charge in [-0.15, -0.1) is 10.2 Å². The van der Waals surface area contributed by atoms with Gasteiger partial charge in [0, 0.05) is 18.7 Å². The minimum absolute atomic E-state index is 0.147. The third kappa shape index (κ3) is 4.17. The van der Waals surface area contributed by atoms with E-state index in [0.29, 0.717) is 28.7 Å². The van der Waals surface area contributed by atoms with Crippen molar-refractivity contribution in [3.63, 3.8) is 0 Å². The van der Waals surface area contributed by atoms with Gasteiger partial charge in [-0.05, 0) is 37.3 Å². The highest BCUT2D eigenvalue weighted by Crippen LogP contribution is 2.25. The van der Waals surface area contributed by atoms with E-state index in [2.05, 4.69) is 24.0 Å². The molecule has 2 atom stereocenters. The van der Waals surface area contributed by atoms with Crippen LogP contribution in [0.1, 0.15) is 25.8 Å². The Morgan fingerprint density at radius 2 is 1.88 bits per heavy atom. The molecule has 1 aromatic carbocycles. The Hall–Kier alpha value is -1.82. The molecule has 24 heavy (non-hydrogen) atoms. The SMILES string of the molecule is Cc1ccc(-c2nnc(SCC(=O)N3C[C@H](C)C[C@H](C)C3)o2)cc1. The molecule has 3 rings (SSSR count). The molecule has 0 unspecified atom stereocenters. The van der Waals surface area contributed by atoms with Crippen LogP contribution < -0.4 is 0 Å². The highest BCUT2D eigenvalue weighted by atomic mass is 32.2. The molecule has 2 aromatic rings. The first-order chi connectivity index (χ1) is 11.5. The number of piperidine rings is 1. The van der Waals surface area contributed by atoms with Gasteiger partial charge in [0.05, 0.1) is 5.75 Å². The standard InChI is InChI=1S/C18H23N3O2S/c1-12-4-6-15(7-5-12)17-19-20-18(23-17)24-11-16(22)21-9-13(2)8-14(3)10-21/h4-7,13-14H,8-11H2,1-3H3/t13-,14+. The van der Waals surface area contributed by atoms with E-state index in [9.17, 15) is 4.79 Å². The molecule has 1 aromatic heterocycles. The molecule has 128 valence electrons. The second-order valence-corrected chi connectivity index (χ2v) is 7.70. The molecule has 1 aliphatic heterocycles. The molecule has 1 aliphatic rings. The number of carbonyl (C=O) groups excluding carboxylic acids is 1. The molecule has 2 heterocycles. The van der Waals surface area contributed by atoms with E-state index < -0.39 is 0 Å². The smallest absolute Gasteiger partial charge is 0.277 e. The van der Waals surface area contributed by atoms with E-state index in [1.807, 2.05) is 36.1 Å². The van der Waals surface area contributed by atoms with Crippen LogP contribution >= 0.6 is 11.8 Å². The molecule has 0 radical (unpaired) electrons. The second-order valence-electron chi connectivity index (χ2n) is 6.77. The van der Waals surface area contributed by atoms with Crippen molar-refractivity contribution in [2.45, 2.75) is 32.4 Å². The maximum Gasteiger partial charge on any atom is 0.277 e. The third-order valence-corrected chi connectivity index (χ3v) is 5.05. The molecular formula is C18H23N3O2S. The van der Waals surface area contributed by atoms with Crippen molar-refractivity contribution >= 4 is 17.7 Å². The summed E-state index contributed by atoms with van der Waals surface area (Å²) in [5.41, 5.74) is 2.08. The first kappa shape index (κ1) is 17.0. The number of hydrogen-bond acceptors (Lipinski definition) is 5. The van der Waals surface area contributed by atoms with Gasteiger partial charge >= 0.3 is 0 Å². The quantitative estimate of drug-likeness (QED) is 0.792. The summed E-state index contributed by atoms with van der Waals surface area (Å²) in [6.45, 7) is 8.14. The largest absolute Gasteiger partial charge is 0.411 e. The zero-order valence-corrected chi connectivity index (χ0v) is 15.2. The molecule has 1 fully saturated rings. The molecule has 1 saturated heterocycles. The summed E-state index contributed by atoms with van der Waals surface area (Å²) in [4.78, 5) is 14.4. The lowest BCUT2D eigenvalue weighted by atomic mass is 9.92. The Morgan fingerprint density at radius 1 is 1.21 bits per heavy atom.